The molecule has 6 heteroatoms. The van der Waals surface area contributed by atoms with Gasteiger partial charge in [-0.1, -0.05) is 35.9 Å². The zero-order valence-corrected chi connectivity index (χ0v) is 13.6. The zero-order valence-electron chi connectivity index (χ0n) is 12.8. The summed E-state index contributed by atoms with van der Waals surface area (Å²) in [5, 5.41) is 15.0. The van der Waals surface area contributed by atoms with Crippen LogP contribution >= 0.6 is 11.6 Å². The molecule has 0 fully saturated rings. The maximum atomic E-state index is 6.14. The molecule has 2 aromatic carbocycles. The van der Waals surface area contributed by atoms with E-state index in [9.17, 15) is 0 Å². The highest BCUT2D eigenvalue weighted by atomic mass is 35.5. The van der Waals surface area contributed by atoms with Crippen LogP contribution in [0.3, 0.4) is 0 Å². The third kappa shape index (κ3) is 3.76. The number of aryl methyl sites for hydroxylation is 2. The smallest absolute Gasteiger partial charge is 0.249 e. The average molecular weight is 326 g/mol. The first-order chi connectivity index (χ1) is 11.1. The van der Waals surface area contributed by atoms with Gasteiger partial charge < -0.3 is 10.6 Å². The molecule has 116 valence electrons. The van der Waals surface area contributed by atoms with Crippen LogP contribution in [0.4, 0.5) is 23.1 Å². The second-order valence-corrected chi connectivity index (χ2v) is 5.60. The van der Waals surface area contributed by atoms with Gasteiger partial charge in [0.15, 0.2) is 5.82 Å². The topological polar surface area (TPSA) is 62.7 Å². The first kappa shape index (κ1) is 15.2. The number of hydrogen-bond acceptors (Lipinski definition) is 5. The number of anilines is 4. The van der Waals surface area contributed by atoms with Crippen LogP contribution in [0.1, 0.15) is 11.1 Å². The van der Waals surface area contributed by atoms with E-state index in [4.69, 9.17) is 11.6 Å². The minimum Gasteiger partial charge on any atom is -0.339 e. The van der Waals surface area contributed by atoms with E-state index in [1.807, 2.05) is 56.3 Å². The Balaban J connectivity index is 1.79. The van der Waals surface area contributed by atoms with Gasteiger partial charge in [-0.25, -0.2) is 0 Å². The van der Waals surface area contributed by atoms with E-state index in [2.05, 4.69) is 25.8 Å². The lowest BCUT2D eigenvalue weighted by atomic mass is 10.2. The van der Waals surface area contributed by atoms with Crippen molar-refractivity contribution < 1.29 is 0 Å². The fourth-order valence-corrected chi connectivity index (χ4v) is 2.25. The first-order valence-electron chi connectivity index (χ1n) is 7.17. The van der Waals surface area contributed by atoms with Crippen molar-refractivity contribution in [3.8, 4) is 0 Å². The van der Waals surface area contributed by atoms with E-state index in [1.54, 1.807) is 6.20 Å². The Hall–Kier alpha value is -2.66. The summed E-state index contributed by atoms with van der Waals surface area (Å²) >= 11 is 6.14. The van der Waals surface area contributed by atoms with Gasteiger partial charge in [0.05, 0.1) is 6.20 Å². The van der Waals surface area contributed by atoms with Gasteiger partial charge in [0, 0.05) is 16.4 Å². The van der Waals surface area contributed by atoms with E-state index in [-0.39, 0.29) is 0 Å². The average Bonchev–Trinajstić information content (AvgIpc) is 2.54. The highest BCUT2D eigenvalue weighted by molar-refractivity contribution is 6.31. The maximum Gasteiger partial charge on any atom is 0.249 e. The molecule has 1 heterocycles. The summed E-state index contributed by atoms with van der Waals surface area (Å²) in [6, 6.07) is 13.7. The van der Waals surface area contributed by atoms with Crippen LogP contribution in [0.5, 0.6) is 0 Å². The van der Waals surface area contributed by atoms with Crippen molar-refractivity contribution >= 4 is 34.7 Å². The SMILES string of the molecule is Cc1ccc(Nc2cnnc(Nc3ccccc3C)n2)cc1Cl. The molecule has 0 saturated carbocycles. The molecule has 0 radical (unpaired) electrons. The summed E-state index contributed by atoms with van der Waals surface area (Å²) < 4.78 is 0. The van der Waals surface area contributed by atoms with Crippen LogP contribution in [0.25, 0.3) is 0 Å². The summed E-state index contributed by atoms with van der Waals surface area (Å²) in [6.45, 7) is 3.98. The molecule has 2 N–H and O–H groups in total. The normalized spacial score (nSPS) is 10.4. The molecule has 0 atom stereocenters. The van der Waals surface area contributed by atoms with Crippen LogP contribution < -0.4 is 10.6 Å². The number of nitrogens with zero attached hydrogens (tertiary/aromatic N) is 3. The molecule has 0 aliphatic rings. The van der Waals surface area contributed by atoms with Crippen molar-refractivity contribution in [3.05, 3.63) is 64.8 Å². The largest absolute Gasteiger partial charge is 0.339 e. The van der Waals surface area contributed by atoms with Gasteiger partial charge in [-0.3, -0.25) is 0 Å². The first-order valence-corrected chi connectivity index (χ1v) is 7.55. The standard InChI is InChI=1S/C17H16ClN5/c1-11-7-8-13(9-14(11)18)20-16-10-19-23-17(22-16)21-15-6-4-3-5-12(15)2/h3-10H,1-2H3,(H2,20,21,22,23). The number of para-hydroxylation sites is 1. The summed E-state index contributed by atoms with van der Waals surface area (Å²) in [7, 11) is 0. The van der Waals surface area contributed by atoms with E-state index < -0.39 is 0 Å². The van der Waals surface area contributed by atoms with Crippen LogP contribution in [0.15, 0.2) is 48.7 Å². The van der Waals surface area contributed by atoms with Gasteiger partial charge in [0.2, 0.25) is 5.95 Å². The Morgan fingerprint density at radius 2 is 1.78 bits per heavy atom. The molecule has 3 aromatic rings. The fourth-order valence-electron chi connectivity index (χ4n) is 2.07. The van der Waals surface area contributed by atoms with Crippen molar-refractivity contribution in [3.63, 3.8) is 0 Å². The summed E-state index contributed by atoms with van der Waals surface area (Å²) in [5.74, 6) is 1.03. The monoisotopic (exact) mass is 325 g/mol. The van der Waals surface area contributed by atoms with Gasteiger partial charge in [-0.05, 0) is 43.2 Å². The molecule has 1 aromatic heterocycles. The second kappa shape index (κ2) is 6.62. The number of benzene rings is 2. The lowest BCUT2D eigenvalue weighted by Gasteiger charge is -2.10. The van der Waals surface area contributed by atoms with Crippen molar-refractivity contribution in [1.82, 2.24) is 15.2 Å². The zero-order chi connectivity index (χ0) is 16.2. The fraction of sp³-hybridized carbons (Fsp3) is 0.118. The van der Waals surface area contributed by atoms with Crippen LogP contribution in [0.2, 0.25) is 5.02 Å². The Bertz CT molecular complexity index is 835. The lowest BCUT2D eigenvalue weighted by Crippen LogP contribution is -2.03. The minimum atomic E-state index is 0.433. The molecule has 0 bridgehead atoms. The molecule has 0 amide bonds. The molecule has 23 heavy (non-hydrogen) atoms. The van der Waals surface area contributed by atoms with Crippen LogP contribution in [-0.2, 0) is 0 Å². The van der Waals surface area contributed by atoms with Crippen molar-refractivity contribution in [1.29, 1.82) is 0 Å². The Morgan fingerprint density at radius 3 is 2.57 bits per heavy atom. The van der Waals surface area contributed by atoms with Crippen molar-refractivity contribution in [2.75, 3.05) is 10.6 Å². The van der Waals surface area contributed by atoms with Gasteiger partial charge in [0.1, 0.15) is 0 Å². The predicted octanol–water partition coefficient (Wildman–Crippen LogP) is 4.63. The number of rotatable bonds is 4. The third-order valence-corrected chi connectivity index (χ3v) is 3.80. The molecule has 0 unspecified atom stereocenters. The molecule has 0 aliphatic heterocycles. The van der Waals surface area contributed by atoms with E-state index in [0.29, 0.717) is 16.8 Å². The third-order valence-electron chi connectivity index (χ3n) is 3.39. The minimum absolute atomic E-state index is 0.433. The second-order valence-electron chi connectivity index (χ2n) is 5.19. The maximum absolute atomic E-state index is 6.14. The molecule has 0 saturated heterocycles. The quantitative estimate of drug-likeness (QED) is 0.732. The Labute approximate surface area is 139 Å². The van der Waals surface area contributed by atoms with Crippen LogP contribution in [0, 0.1) is 13.8 Å². The highest BCUT2D eigenvalue weighted by Crippen LogP contribution is 2.23. The van der Waals surface area contributed by atoms with Gasteiger partial charge >= 0.3 is 0 Å². The predicted molar refractivity (Wildman–Crippen MR) is 93.8 cm³/mol. The van der Waals surface area contributed by atoms with Gasteiger partial charge in [0.25, 0.3) is 0 Å². The van der Waals surface area contributed by atoms with Gasteiger partial charge in [-0.15, -0.1) is 5.10 Å². The van der Waals surface area contributed by atoms with Gasteiger partial charge in [-0.2, -0.15) is 10.1 Å². The summed E-state index contributed by atoms with van der Waals surface area (Å²) in [6.07, 6.45) is 1.57. The number of hydrogen-bond donors (Lipinski definition) is 2. The van der Waals surface area contributed by atoms with Crippen molar-refractivity contribution in [2.45, 2.75) is 13.8 Å². The highest BCUT2D eigenvalue weighted by Gasteiger charge is 2.04. The molecular formula is C17H16ClN5. The van der Waals surface area contributed by atoms with Crippen LogP contribution in [-0.4, -0.2) is 15.2 Å². The lowest BCUT2D eigenvalue weighted by molar-refractivity contribution is 0.982. The van der Waals surface area contributed by atoms with Crippen molar-refractivity contribution in [2.24, 2.45) is 0 Å². The number of aromatic nitrogens is 3. The molecule has 3 rings (SSSR count). The van der Waals surface area contributed by atoms with E-state index >= 15 is 0 Å². The molecular weight excluding hydrogens is 310 g/mol. The summed E-state index contributed by atoms with van der Waals surface area (Å²) in [5.41, 5.74) is 3.94. The molecule has 0 aliphatic carbocycles. The van der Waals surface area contributed by atoms with E-state index in [1.165, 1.54) is 0 Å². The number of nitrogens with one attached hydrogen (secondary N) is 2. The molecule has 5 nitrogen and oxygen atoms in total. The molecule has 0 spiro atoms. The van der Waals surface area contributed by atoms with E-state index in [0.717, 1.165) is 22.5 Å². The summed E-state index contributed by atoms with van der Waals surface area (Å²) in [4.78, 5) is 4.42. The Kier molecular flexibility index (Phi) is 4.39. The Morgan fingerprint density at radius 1 is 0.957 bits per heavy atom. The number of halogens is 1.